The molecule has 1 rings (SSSR count). The first-order chi connectivity index (χ1) is 9.99. The molecule has 5 nitrogen and oxygen atoms in total. The van der Waals surface area contributed by atoms with E-state index < -0.39 is 17.7 Å². The maximum absolute atomic E-state index is 13.3. The number of methoxy groups -OCH3 is 1. The minimum atomic E-state index is -0.555. The SMILES string of the molecule is COC(=O)CN(C)C(=O)c1ccc(F)cc1C#CCCO. The molecule has 0 radical (unpaired) electrons. The second-order valence-corrected chi connectivity index (χ2v) is 4.20. The number of ether oxygens (including phenoxy) is 1. The Labute approximate surface area is 122 Å². The van der Waals surface area contributed by atoms with Crippen LogP contribution in [0.25, 0.3) is 0 Å². The van der Waals surface area contributed by atoms with Crippen molar-refractivity contribution < 1.29 is 23.8 Å². The van der Waals surface area contributed by atoms with E-state index in [1.165, 1.54) is 20.2 Å². The second-order valence-electron chi connectivity index (χ2n) is 4.20. The molecule has 6 heteroatoms. The van der Waals surface area contributed by atoms with Gasteiger partial charge in [-0.15, -0.1) is 0 Å². The zero-order valence-corrected chi connectivity index (χ0v) is 11.9. The van der Waals surface area contributed by atoms with Crippen LogP contribution >= 0.6 is 0 Å². The number of rotatable bonds is 4. The number of carbonyl (C=O) groups excluding carboxylic acids is 2. The van der Waals surface area contributed by atoms with Gasteiger partial charge in [-0.3, -0.25) is 9.59 Å². The molecule has 112 valence electrons. The molecule has 0 fully saturated rings. The number of nitrogens with zero attached hydrogens (tertiary/aromatic N) is 1. The summed E-state index contributed by atoms with van der Waals surface area (Å²) >= 11 is 0. The molecule has 21 heavy (non-hydrogen) atoms. The number of aliphatic hydroxyl groups excluding tert-OH is 1. The van der Waals surface area contributed by atoms with E-state index in [9.17, 15) is 14.0 Å². The fourth-order valence-corrected chi connectivity index (χ4v) is 1.56. The molecule has 0 spiro atoms. The molecule has 1 N–H and O–H groups in total. The van der Waals surface area contributed by atoms with Crippen molar-refractivity contribution in [2.45, 2.75) is 6.42 Å². The van der Waals surface area contributed by atoms with E-state index in [4.69, 9.17) is 5.11 Å². The van der Waals surface area contributed by atoms with E-state index >= 15 is 0 Å². The summed E-state index contributed by atoms with van der Waals surface area (Å²) in [6.45, 7) is -0.329. The summed E-state index contributed by atoms with van der Waals surface area (Å²) in [4.78, 5) is 24.6. The molecular weight excluding hydrogens is 277 g/mol. The van der Waals surface area contributed by atoms with Crippen LogP contribution in [0.5, 0.6) is 0 Å². The smallest absolute Gasteiger partial charge is 0.325 e. The Morgan fingerprint density at radius 1 is 1.43 bits per heavy atom. The molecule has 0 saturated heterocycles. The number of halogens is 1. The van der Waals surface area contributed by atoms with Crippen LogP contribution in [0.3, 0.4) is 0 Å². The summed E-state index contributed by atoms with van der Waals surface area (Å²) in [7, 11) is 2.66. The summed E-state index contributed by atoms with van der Waals surface area (Å²) in [5.41, 5.74) is 0.401. The molecule has 1 amide bonds. The maximum Gasteiger partial charge on any atom is 0.325 e. The Morgan fingerprint density at radius 3 is 2.76 bits per heavy atom. The number of amides is 1. The molecule has 0 aromatic heterocycles. The summed E-state index contributed by atoms with van der Waals surface area (Å²) in [5.74, 6) is 3.74. The van der Waals surface area contributed by atoms with Crippen molar-refractivity contribution in [3.8, 4) is 11.8 Å². The zero-order chi connectivity index (χ0) is 15.8. The largest absolute Gasteiger partial charge is 0.468 e. The van der Waals surface area contributed by atoms with Crippen molar-refractivity contribution in [2.75, 3.05) is 27.3 Å². The number of esters is 1. The third-order valence-electron chi connectivity index (χ3n) is 2.61. The molecule has 0 saturated carbocycles. The van der Waals surface area contributed by atoms with Crippen LogP contribution in [0.4, 0.5) is 4.39 Å². The second kappa shape index (κ2) is 8.02. The molecule has 0 atom stereocenters. The Hall–Kier alpha value is -2.39. The number of carbonyl (C=O) groups is 2. The molecule has 0 aliphatic carbocycles. The van der Waals surface area contributed by atoms with Crippen LogP contribution in [0.1, 0.15) is 22.3 Å². The molecule has 1 aromatic carbocycles. The van der Waals surface area contributed by atoms with Crippen LogP contribution < -0.4 is 0 Å². The molecule has 1 aromatic rings. The van der Waals surface area contributed by atoms with E-state index in [0.29, 0.717) is 0 Å². The number of hydrogen-bond donors (Lipinski definition) is 1. The van der Waals surface area contributed by atoms with Crippen molar-refractivity contribution in [2.24, 2.45) is 0 Å². The van der Waals surface area contributed by atoms with Crippen LogP contribution in [-0.2, 0) is 9.53 Å². The number of aliphatic hydroxyl groups is 1. The van der Waals surface area contributed by atoms with Crippen molar-refractivity contribution in [1.82, 2.24) is 4.90 Å². The lowest BCUT2D eigenvalue weighted by Gasteiger charge is -2.16. The molecule has 0 bridgehead atoms. The monoisotopic (exact) mass is 293 g/mol. The molecular formula is C15H16FNO4. The highest BCUT2D eigenvalue weighted by Gasteiger charge is 2.18. The molecule has 0 aliphatic rings. The highest BCUT2D eigenvalue weighted by molar-refractivity contribution is 5.98. The lowest BCUT2D eigenvalue weighted by Crippen LogP contribution is -2.33. The van der Waals surface area contributed by atoms with Crippen LogP contribution in [-0.4, -0.2) is 49.2 Å². The Kier molecular flexibility index (Phi) is 6.37. The Balaban J connectivity index is 3.03. The minimum absolute atomic E-state index is 0.117. The first-order valence-corrected chi connectivity index (χ1v) is 6.21. The first kappa shape index (κ1) is 16.7. The van der Waals surface area contributed by atoms with Gasteiger partial charge in [-0.2, -0.15) is 0 Å². The number of hydrogen-bond acceptors (Lipinski definition) is 4. The average Bonchev–Trinajstić information content (AvgIpc) is 2.46. The summed E-state index contributed by atoms with van der Waals surface area (Å²) in [5, 5.41) is 8.69. The maximum atomic E-state index is 13.3. The van der Waals surface area contributed by atoms with E-state index in [1.54, 1.807) is 0 Å². The van der Waals surface area contributed by atoms with Crippen molar-refractivity contribution in [3.63, 3.8) is 0 Å². The molecule has 0 heterocycles. The van der Waals surface area contributed by atoms with Crippen LogP contribution in [0, 0.1) is 17.7 Å². The normalized spacial score (nSPS) is 9.52. The van der Waals surface area contributed by atoms with Gasteiger partial charge in [0.25, 0.3) is 5.91 Å². The van der Waals surface area contributed by atoms with Gasteiger partial charge >= 0.3 is 5.97 Å². The third-order valence-corrected chi connectivity index (χ3v) is 2.61. The van der Waals surface area contributed by atoms with E-state index in [-0.39, 0.29) is 30.7 Å². The van der Waals surface area contributed by atoms with Crippen molar-refractivity contribution in [3.05, 3.63) is 35.1 Å². The predicted molar refractivity (Wildman–Crippen MR) is 74.0 cm³/mol. The minimum Gasteiger partial charge on any atom is -0.468 e. The summed E-state index contributed by atoms with van der Waals surface area (Å²) in [6.07, 6.45) is 0.224. The standard InChI is InChI=1S/C15H16FNO4/c1-17(10-14(19)21-2)15(20)13-7-6-12(16)9-11(13)5-3-4-8-18/h6-7,9,18H,4,8,10H2,1-2H3. The summed E-state index contributed by atoms with van der Waals surface area (Å²) in [6, 6.07) is 3.61. The van der Waals surface area contributed by atoms with E-state index in [2.05, 4.69) is 16.6 Å². The highest BCUT2D eigenvalue weighted by Crippen LogP contribution is 2.13. The topological polar surface area (TPSA) is 66.8 Å². The van der Waals surface area contributed by atoms with Gasteiger partial charge < -0.3 is 14.7 Å². The Morgan fingerprint density at radius 2 is 2.14 bits per heavy atom. The van der Waals surface area contributed by atoms with E-state index in [0.717, 1.165) is 17.0 Å². The fraction of sp³-hybridized carbons (Fsp3) is 0.333. The van der Waals surface area contributed by atoms with Gasteiger partial charge in [0, 0.05) is 19.0 Å². The van der Waals surface area contributed by atoms with Crippen molar-refractivity contribution in [1.29, 1.82) is 0 Å². The number of likely N-dealkylation sites (N-methyl/N-ethyl adjacent to an activating group) is 1. The van der Waals surface area contributed by atoms with Gasteiger partial charge in [-0.05, 0) is 18.2 Å². The highest BCUT2D eigenvalue weighted by atomic mass is 19.1. The average molecular weight is 293 g/mol. The van der Waals surface area contributed by atoms with Gasteiger partial charge in [0.2, 0.25) is 0 Å². The molecule has 0 unspecified atom stereocenters. The lowest BCUT2D eigenvalue weighted by atomic mass is 10.1. The summed E-state index contributed by atoms with van der Waals surface area (Å²) < 4.78 is 17.8. The van der Waals surface area contributed by atoms with E-state index in [1.807, 2.05) is 0 Å². The van der Waals surface area contributed by atoms with Gasteiger partial charge in [0.15, 0.2) is 0 Å². The van der Waals surface area contributed by atoms with Crippen LogP contribution in [0.15, 0.2) is 18.2 Å². The lowest BCUT2D eigenvalue weighted by molar-refractivity contribution is -0.141. The van der Waals surface area contributed by atoms with Crippen molar-refractivity contribution >= 4 is 11.9 Å². The van der Waals surface area contributed by atoms with Gasteiger partial charge in [0.05, 0.1) is 19.3 Å². The van der Waals surface area contributed by atoms with Gasteiger partial charge in [-0.25, -0.2) is 4.39 Å². The fourth-order valence-electron chi connectivity index (χ4n) is 1.56. The van der Waals surface area contributed by atoms with Crippen LogP contribution in [0.2, 0.25) is 0 Å². The third kappa shape index (κ3) is 4.89. The number of benzene rings is 1. The first-order valence-electron chi connectivity index (χ1n) is 6.21. The zero-order valence-electron chi connectivity index (χ0n) is 11.9. The molecule has 0 aliphatic heterocycles. The van der Waals surface area contributed by atoms with Gasteiger partial charge in [-0.1, -0.05) is 11.8 Å². The quantitative estimate of drug-likeness (QED) is 0.659. The predicted octanol–water partition coefficient (Wildman–Crippen LogP) is 0.805. The Bertz CT molecular complexity index is 589. The van der Waals surface area contributed by atoms with Gasteiger partial charge in [0.1, 0.15) is 12.4 Å².